The van der Waals surface area contributed by atoms with Gasteiger partial charge in [0.1, 0.15) is 0 Å². The quantitative estimate of drug-likeness (QED) is 0.593. The Morgan fingerprint density at radius 3 is 2.59 bits per heavy atom. The third-order valence-electron chi connectivity index (χ3n) is 7.46. The van der Waals surface area contributed by atoms with E-state index >= 15 is 0 Å². The van der Waals surface area contributed by atoms with Gasteiger partial charge >= 0.3 is 0 Å². The minimum absolute atomic E-state index is 0.0865. The molecular weight excluding hydrogens is 450 g/mol. The van der Waals surface area contributed by atoms with Crippen LogP contribution in [0.4, 0.5) is 5.69 Å². The van der Waals surface area contributed by atoms with Gasteiger partial charge in [0.05, 0.1) is 29.3 Å². The molecular formula is C27H30ClN3O3. The normalized spacial score (nSPS) is 22.8. The highest BCUT2D eigenvalue weighted by molar-refractivity contribution is 6.31. The summed E-state index contributed by atoms with van der Waals surface area (Å²) in [5.41, 5.74) is 2.35. The number of fused-ring (bicyclic) bond motifs is 1. The van der Waals surface area contributed by atoms with Crippen molar-refractivity contribution in [1.29, 1.82) is 0 Å². The molecule has 0 spiro atoms. The fraction of sp³-hybridized carbons (Fsp3) is 0.444. The fourth-order valence-electron chi connectivity index (χ4n) is 5.58. The molecule has 0 aromatic heterocycles. The average molecular weight is 480 g/mol. The number of imide groups is 1. The van der Waals surface area contributed by atoms with Crippen LogP contribution in [0.25, 0.3) is 0 Å². The number of hydrogen-bond acceptors (Lipinski definition) is 4. The van der Waals surface area contributed by atoms with Crippen molar-refractivity contribution in [3.63, 3.8) is 0 Å². The summed E-state index contributed by atoms with van der Waals surface area (Å²) >= 11 is 6.29. The zero-order chi connectivity index (χ0) is 23.8. The zero-order valence-corrected chi connectivity index (χ0v) is 20.3. The van der Waals surface area contributed by atoms with Crippen LogP contribution in [0.2, 0.25) is 5.02 Å². The molecule has 2 fully saturated rings. The van der Waals surface area contributed by atoms with Crippen molar-refractivity contribution in [1.82, 2.24) is 9.80 Å². The van der Waals surface area contributed by atoms with Crippen molar-refractivity contribution in [3.8, 4) is 0 Å². The molecule has 0 saturated carbocycles. The van der Waals surface area contributed by atoms with Crippen LogP contribution < -0.4 is 4.90 Å². The zero-order valence-electron chi connectivity index (χ0n) is 19.5. The molecule has 2 unspecified atom stereocenters. The maximum Gasteiger partial charge on any atom is 0.263 e. The molecule has 7 heteroatoms. The van der Waals surface area contributed by atoms with Gasteiger partial charge in [-0.25, -0.2) is 0 Å². The van der Waals surface area contributed by atoms with Crippen LogP contribution in [0.15, 0.2) is 42.5 Å². The summed E-state index contributed by atoms with van der Waals surface area (Å²) in [6, 6.07) is 13.0. The molecule has 178 valence electrons. The highest BCUT2D eigenvalue weighted by Gasteiger charge is 2.40. The summed E-state index contributed by atoms with van der Waals surface area (Å²) in [4.78, 5) is 45.4. The monoisotopic (exact) mass is 479 g/mol. The predicted octanol–water partition coefficient (Wildman–Crippen LogP) is 4.75. The number of hydrogen-bond donors (Lipinski definition) is 0. The fourth-order valence-corrected chi connectivity index (χ4v) is 5.77. The van der Waals surface area contributed by atoms with E-state index in [1.165, 1.54) is 11.3 Å². The largest absolute Gasteiger partial charge is 0.370 e. The first-order valence-electron chi connectivity index (χ1n) is 12.2. The molecule has 0 N–H and O–H groups in total. The number of nitrogens with zero attached hydrogens (tertiary/aromatic N) is 3. The lowest BCUT2D eigenvalue weighted by atomic mass is 9.93. The second-order valence-corrected chi connectivity index (χ2v) is 10.1. The van der Waals surface area contributed by atoms with E-state index < -0.39 is 0 Å². The van der Waals surface area contributed by atoms with Crippen LogP contribution in [0.5, 0.6) is 0 Å². The molecule has 2 saturated heterocycles. The summed E-state index contributed by atoms with van der Waals surface area (Å²) in [6.07, 6.45) is 5.05. The van der Waals surface area contributed by atoms with E-state index in [2.05, 4.69) is 11.8 Å². The van der Waals surface area contributed by atoms with Gasteiger partial charge in [-0.2, -0.15) is 0 Å². The highest BCUT2D eigenvalue weighted by atomic mass is 35.5. The number of carbonyl (C=O) groups excluding carboxylic acids is 3. The van der Waals surface area contributed by atoms with Gasteiger partial charge in [-0.05, 0) is 62.8 Å². The molecule has 3 amide bonds. The van der Waals surface area contributed by atoms with Gasteiger partial charge in [0.15, 0.2) is 0 Å². The third-order valence-corrected chi connectivity index (χ3v) is 7.83. The number of rotatable bonds is 4. The Morgan fingerprint density at radius 1 is 0.971 bits per heavy atom. The van der Waals surface area contributed by atoms with Crippen LogP contribution in [0.1, 0.15) is 65.3 Å². The van der Waals surface area contributed by atoms with Gasteiger partial charge in [0.25, 0.3) is 11.8 Å². The lowest BCUT2D eigenvalue weighted by molar-refractivity contribution is -0.139. The Morgan fingerprint density at radius 2 is 1.79 bits per heavy atom. The summed E-state index contributed by atoms with van der Waals surface area (Å²) in [6.45, 7) is 4.45. The molecule has 2 aromatic carbocycles. The second kappa shape index (κ2) is 9.41. The molecule has 6 nitrogen and oxygen atoms in total. The van der Waals surface area contributed by atoms with E-state index in [4.69, 9.17) is 11.6 Å². The molecule has 0 aliphatic carbocycles. The van der Waals surface area contributed by atoms with Crippen molar-refractivity contribution >= 4 is 35.0 Å². The Balaban J connectivity index is 1.38. The summed E-state index contributed by atoms with van der Waals surface area (Å²) in [5.74, 6) is -0.453. The summed E-state index contributed by atoms with van der Waals surface area (Å²) in [7, 11) is 0. The predicted molar refractivity (Wildman–Crippen MR) is 132 cm³/mol. The van der Waals surface area contributed by atoms with E-state index in [9.17, 15) is 14.4 Å². The first kappa shape index (κ1) is 22.9. The van der Waals surface area contributed by atoms with Gasteiger partial charge in [-0.15, -0.1) is 0 Å². The first-order valence-corrected chi connectivity index (χ1v) is 12.6. The smallest absolute Gasteiger partial charge is 0.263 e. The topological polar surface area (TPSA) is 60.9 Å². The minimum Gasteiger partial charge on any atom is -0.370 e. The second-order valence-electron chi connectivity index (χ2n) is 9.65. The number of anilines is 1. The Kier molecular flexibility index (Phi) is 6.34. The van der Waals surface area contributed by atoms with Gasteiger partial charge < -0.3 is 9.80 Å². The number of piperidine rings is 2. The van der Waals surface area contributed by atoms with Gasteiger partial charge in [0.2, 0.25) is 5.91 Å². The summed E-state index contributed by atoms with van der Waals surface area (Å²) in [5, 5.41) is 0.531. The van der Waals surface area contributed by atoms with Gasteiger partial charge in [-0.3, -0.25) is 19.3 Å². The Labute approximate surface area is 205 Å². The van der Waals surface area contributed by atoms with E-state index in [1.54, 1.807) is 12.1 Å². The number of likely N-dealkylation sites (tertiary alicyclic amines) is 1. The van der Waals surface area contributed by atoms with Gasteiger partial charge in [0, 0.05) is 30.7 Å². The lowest BCUT2D eigenvalue weighted by Gasteiger charge is -2.40. The maximum atomic E-state index is 13.5. The minimum atomic E-state index is -0.298. The lowest BCUT2D eigenvalue weighted by Crippen LogP contribution is -2.49. The molecule has 3 aliphatic rings. The van der Waals surface area contributed by atoms with Crippen LogP contribution in [0, 0.1) is 5.92 Å². The summed E-state index contributed by atoms with van der Waals surface area (Å²) < 4.78 is 0. The van der Waals surface area contributed by atoms with E-state index in [-0.39, 0.29) is 36.2 Å². The van der Waals surface area contributed by atoms with Crippen molar-refractivity contribution in [2.24, 2.45) is 5.92 Å². The van der Waals surface area contributed by atoms with Crippen molar-refractivity contribution in [2.75, 3.05) is 24.5 Å². The van der Waals surface area contributed by atoms with Crippen LogP contribution in [-0.2, 0) is 11.3 Å². The number of halogens is 1. The molecule has 3 heterocycles. The molecule has 34 heavy (non-hydrogen) atoms. The average Bonchev–Trinajstić information content (AvgIpc) is 3.10. The first-order chi connectivity index (χ1) is 16.5. The van der Waals surface area contributed by atoms with Crippen molar-refractivity contribution < 1.29 is 14.4 Å². The molecule has 0 bridgehead atoms. The molecule has 5 rings (SSSR count). The number of carbonyl (C=O) groups is 3. The molecule has 2 atom stereocenters. The van der Waals surface area contributed by atoms with Crippen LogP contribution >= 0.6 is 11.6 Å². The SMILES string of the molecule is CC1CCCCN1C(=O)C1CCCN(c2cccc3c2C(=O)N(Cc2ccccc2Cl)C3=O)C1. The molecule has 0 radical (unpaired) electrons. The third kappa shape index (κ3) is 4.09. The number of benzene rings is 2. The van der Waals surface area contributed by atoms with Crippen molar-refractivity contribution in [2.45, 2.75) is 51.6 Å². The van der Waals surface area contributed by atoms with Crippen LogP contribution in [-0.4, -0.2) is 53.2 Å². The molecule has 2 aromatic rings. The van der Waals surface area contributed by atoms with E-state index in [0.717, 1.165) is 50.0 Å². The highest BCUT2D eigenvalue weighted by Crippen LogP contribution is 2.35. The standard InChI is InChI=1S/C27H30ClN3O3/c1-18-8-4-5-15-30(18)25(32)20-10-7-14-29(16-20)23-13-6-11-21-24(23)27(34)31(26(21)33)17-19-9-2-3-12-22(19)28/h2-3,6,9,11-13,18,20H,4-5,7-8,10,14-17H2,1H3. The van der Waals surface area contributed by atoms with Crippen molar-refractivity contribution in [3.05, 3.63) is 64.2 Å². The molecule has 3 aliphatic heterocycles. The Hall–Kier alpha value is -2.86. The van der Waals surface area contributed by atoms with E-state index in [0.29, 0.717) is 22.7 Å². The maximum absolute atomic E-state index is 13.5. The van der Waals surface area contributed by atoms with Crippen LogP contribution in [0.3, 0.4) is 0 Å². The van der Waals surface area contributed by atoms with Gasteiger partial charge in [-0.1, -0.05) is 35.9 Å². The number of amides is 3. The Bertz CT molecular complexity index is 1130. The van der Waals surface area contributed by atoms with E-state index in [1.807, 2.05) is 35.2 Å².